The summed E-state index contributed by atoms with van der Waals surface area (Å²) in [6.07, 6.45) is 1.96. The van der Waals surface area contributed by atoms with Crippen LogP contribution in [0.1, 0.15) is 28.8 Å². The number of nitro benzene ring substituents is 1. The molecule has 102 valence electrons. The lowest BCUT2D eigenvalue weighted by molar-refractivity contribution is -0.385. The van der Waals surface area contributed by atoms with Crippen molar-refractivity contribution in [3.05, 3.63) is 39.4 Å². The van der Waals surface area contributed by atoms with Crippen molar-refractivity contribution in [3.63, 3.8) is 0 Å². The maximum Gasteiger partial charge on any atom is 0.273 e. The van der Waals surface area contributed by atoms with E-state index >= 15 is 0 Å². The first-order chi connectivity index (χ1) is 9.09. The summed E-state index contributed by atoms with van der Waals surface area (Å²) in [7, 11) is 0. The lowest BCUT2D eigenvalue weighted by Crippen LogP contribution is -2.45. The summed E-state index contributed by atoms with van der Waals surface area (Å²) < 4.78 is 0. The Hall–Kier alpha value is -1.95. The Morgan fingerprint density at radius 3 is 2.95 bits per heavy atom. The molecule has 0 bridgehead atoms. The van der Waals surface area contributed by atoms with E-state index in [2.05, 4.69) is 10.6 Å². The Kier molecular flexibility index (Phi) is 4.11. The number of benzene rings is 1. The maximum atomic E-state index is 12.1. The minimum Gasteiger partial charge on any atom is -0.348 e. The zero-order valence-corrected chi connectivity index (χ0v) is 10.8. The highest BCUT2D eigenvalue weighted by molar-refractivity contribution is 5.96. The van der Waals surface area contributed by atoms with Gasteiger partial charge in [-0.05, 0) is 32.4 Å². The molecular formula is C13H17N3O3. The first-order valence-corrected chi connectivity index (χ1v) is 6.35. The van der Waals surface area contributed by atoms with Crippen LogP contribution in [-0.2, 0) is 0 Å². The van der Waals surface area contributed by atoms with Gasteiger partial charge >= 0.3 is 0 Å². The lowest BCUT2D eigenvalue weighted by atomic mass is 10.0. The van der Waals surface area contributed by atoms with Gasteiger partial charge in [0.2, 0.25) is 0 Å². The average molecular weight is 263 g/mol. The zero-order chi connectivity index (χ0) is 13.8. The van der Waals surface area contributed by atoms with Crippen LogP contribution in [0.2, 0.25) is 0 Å². The molecule has 1 aromatic rings. The van der Waals surface area contributed by atoms with Crippen molar-refractivity contribution in [2.45, 2.75) is 25.8 Å². The molecule has 1 atom stereocenters. The van der Waals surface area contributed by atoms with Gasteiger partial charge in [0.25, 0.3) is 11.6 Å². The summed E-state index contributed by atoms with van der Waals surface area (Å²) in [6, 6.07) is 4.67. The van der Waals surface area contributed by atoms with E-state index in [1.54, 1.807) is 19.1 Å². The molecule has 0 aromatic heterocycles. The maximum absolute atomic E-state index is 12.1. The fourth-order valence-electron chi connectivity index (χ4n) is 2.31. The van der Waals surface area contributed by atoms with Crippen LogP contribution in [0.25, 0.3) is 0 Å². The molecule has 1 amide bonds. The Labute approximate surface area is 111 Å². The van der Waals surface area contributed by atoms with Crippen LogP contribution >= 0.6 is 0 Å². The van der Waals surface area contributed by atoms with Crippen LogP contribution in [0.4, 0.5) is 5.69 Å². The number of rotatable bonds is 3. The smallest absolute Gasteiger partial charge is 0.273 e. The first-order valence-electron chi connectivity index (χ1n) is 6.35. The highest BCUT2D eigenvalue weighted by Gasteiger charge is 2.21. The van der Waals surface area contributed by atoms with Crippen LogP contribution < -0.4 is 10.6 Å². The Morgan fingerprint density at radius 1 is 1.53 bits per heavy atom. The number of nitro groups is 1. The van der Waals surface area contributed by atoms with Crippen LogP contribution in [-0.4, -0.2) is 30.0 Å². The molecular weight excluding hydrogens is 246 g/mol. The molecule has 0 radical (unpaired) electrons. The standard InChI is InChI=1S/C13H17N3O3/c1-9-11(5-2-6-12(9)16(18)19)13(17)15-10-4-3-7-14-8-10/h2,5-6,10,14H,3-4,7-8H2,1H3,(H,15,17)/t10-/m1/s1. The molecule has 6 heteroatoms. The number of nitrogens with one attached hydrogen (secondary N) is 2. The quantitative estimate of drug-likeness (QED) is 0.637. The van der Waals surface area contributed by atoms with E-state index in [4.69, 9.17) is 0 Å². The molecule has 0 aliphatic carbocycles. The number of carbonyl (C=O) groups excluding carboxylic acids is 1. The van der Waals surface area contributed by atoms with Gasteiger partial charge < -0.3 is 10.6 Å². The fraction of sp³-hybridized carbons (Fsp3) is 0.462. The number of hydrogen-bond acceptors (Lipinski definition) is 4. The van der Waals surface area contributed by atoms with Crippen molar-refractivity contribution in [1.82, 2.24) is 10.6 Å². The van der Waals surface area contributed by atoms with Gasteiger partial charge in [0.1, 0.15) is 0 Å². The van der Waals surface area contributed by atoms with Crippen LogP contribution in [0.3, 0.4) is 0 Å². The zero-order valence-electron chi connectivity index (χ0n) is 10.8. The Balaban J connectivity index is 2.14. The molecule has 1 saturated heterocycles. The van der Waals surface area contributed by atoms with Gasteiger partial charge in [-0.2, -0.15) is 0 Å². The van der Waals surface area contributed by atoms with Crippen molar-refractivity contribution >= 4 is 11.6 Å². The molecule has 19 heavy (non-hydrogen) atoms. The second kappa shape index (κ2) is 5.79. The van der Waals surface area contributed by atoms with E-state index in [1.165, 1.54) is 6.07 Å². The van der Waals surface area contributed by atoms with Gasteiger partial charge in [-0.1, -0.05) is 6.07 Å². The average Bonchev–Trinajstić information content (AvgIpc) is 2.39. The van der Waals surface area contributed by atoms with Gasteiger partial charge in [-0.25, -0.2) is 0 Å². The molecule has 1 aliphatic rings. The molecule has 1 fully saturated rings. The van der Waals surface area contributed by atoms with Crippen molar-refractivity contribution in [3.8, 4) is 0 Å². The largest absolute Gasteiger partial charge is 0.348 e. The highest BCUT2D eigenvalue weighted by Crippen LogP contribution is 2.21. The Bertz CT molecular complexity index is 496. The first kappa shape index (κ1) is 13.5. The van der Waals surface area contributed by atoms with Gasteiger partial charge in [-0.15, -0.1) is 0 Å². The highest BCUT2D eigenvalue weighted by atomic mass is 16.6. The molecule has 1 heterocycles. The summed E-state index contributed by atoms with van der Waals surface area (Å²) in [6.45, 7) is 3.33. The molecule has 6 nitrogen and oxygen atoms in total. The molecule has 1 aliphatic heterocycles. The van der Waals surface area contributed by atoms with E-state index in [0.717, 1.165) is 25.9 Å². The summed E-state index contributed by atoms with van der Waals surface area (Å²) in [5.74, 6) is -0.241. The van der Waals surface area contributed by atoms with E-state index in [-0.39, 0.29) is 17.6 Å². The third kappa shape index (κ3) is 3.08. The van der Waals surface area contributed by atoms with Crippen molar-refractivity contribution < 1.29 is 9.72 Å². The third-order valence-corrected chi connectivity index (χ3v) is 3.38. The van der Waals surface area contributed by atoms with E-state index in [0.29, 0.717) is 11.1 Å². The second-order valence-corrected chi connectivity index (χ2v) is 4.72. The van der Waals surface area contributed by atoms with E-state index < -0.39 is 4.92 Å². The normalized spacial score (nSPS) is 18.9. The lowest BCUT2D eigenvalue weighted by Gasteiger charge is -2.24. The van der Waals surface area contributed by atoms with E-state index in [1.807, 2.05) is 0 Å². The number of nitrogens with zero attached hydrogens (tertiary/aromatic N) is 1. The summed E-state index contributed by atoms with van der Waals surface area (Å²) in [5, 5.41) is 17.0. The summed E-state index contributed by atoms with van der Waals surface area (Å²) in [5.41, 5.74) is 0.767. The number of piperidine rings is 1. The van der Waals surface area contributed by atoms with Crippen molar-refractivity contribution in [2.75, 3.05) is 13.1 Å². The van der Waals surface area contributed by atoms with Gasteiger partial charge in [0, 0.05) is 29.8 Å². The van der Waals surface area contributed by atoms with Crippen LogP contribution in [0, 0.1) is 17.0 Å². The molecule has 0 saturated carbocycles. The SMILES string of the molecule is Cc1c(C(=O)N[C@@H]2CCCNC2)cccc1[N+](=O)[O-]. The monoisotopic (exact) mass is 263 g/mol. The van der Waals surface area contributed by atoms with Crippen LogP contribution in [0.5, 0.6) is 0 Å². The molecule has 2 rings (SSSR count). The Morgan fingerprint density at radius 2 is 2.32 bits per heavy atom. The fourth-order valence-corrected chi connectivity index (χ4v) is 2.31. The van der Waals surface area contributed by atoms with Gasteiger partial charge in [-0.3, -0.25) is 14.9 Å². The minimum absolute atomic E-state index is 0.0191. The van der Waals surface area contributed by atoms with Crippen LogP contribution in [0.15, 0.2) is 18.2 Å². The molecule has 1 aromatic carbocycles. The molecule has 0 unspecified atom stereocenters. The van der Waals surface area contributed by atoms with Gasteiger partial charge in [0.05, 0.1) is 4.92 Å². The predicted octanol–water partition coefficient (Wildman–Crippen LogP) is 1.39. The molecule has 0 spiro atoms. The third-order valence-electron chi connectivity index (χ3n) is 3.38. The van der Waals surface area contributed by atoms with Crippen molar-refractivity contribution in [1.29, 1.82) is 0 Å². The molecule has 2 N–H and O–H groups in total. The predicted molar refractivity (Wildman–Crippen MR) is 71.2 cm³/mol. The minimum atomic E-state index is -0.464. The second-order valence-electron chi connectivity index (χ2n) is 4.72. The van der Waals surface area contributed by atoms with Crippen molar-refractivity contribution in [2.24, 2.45) is 0 Å². The van der Waals surface area contributed by atoms with E-state index in [9.17, 15) is 14.9 Å². The number of amides is 1. The summed E-state index contributed by atoms with van der Waals surface area (Å²) in [4.78, 5) is 22.5. The number of carbonyl (C=O) groups is 1. The number of hydrogen-bond donors (Lipinski definition) is 2. The summed E-state index contributed by atoms with van der Waals surface area (Å²) >= 11 is 0. The topological polar surface area (TPSA) is 84.3 Å². The van der Waals surface area contributed by atoms with Gasteiger partial charge in [0.15, 0.2) is 0 Å².